The largest absolute Gasteiger partial charge is 0.507 e. The molecule has 0 aliphatic carbocycles. The lowest BCUT2D eigenvalue weighted by atomic mass is 10.1. The van der Waals surface area contributed by atoms with Crippen molar-refractivity contribution >= 4 is 50.8 Å². The molecule has 0 atom stereocenters. The minimum absolute atomic E-state index is 0.124. The molecule has 0 saturated carbocycles. The highest BCUT2D eigenvalue weighted by Crippen LogP contribution is 2.35. The molecule has 3 rings (SSSR count). The molecule has 0 saturated heterocycles. The first-order valence-corrected chi connectivity index (χ1v) is 8.56. The molecule has 0 fully saturated rings. The Kier molecular flexibility index (Phi) is 4.88. The number of phenolic OH excluding ortho intramolecular Hbond substituents is 1. The van der Waals surface area contributed by atoms with Crippen molar-refractivity contribution in [3.63, 3.8) is 0 Å². The van der Waals surface area contributed by atoms with Crippen LogP contribution in [-0.4, -0.2) is 22.2 Å². The van der Waals surface area contributed by atoms with Crippen LogP contribution in [0.2, 0.25) is 5.02 Å². The van der Waals surface area contributed by atoms with Gasteiger partial charge < -0.3 is 5.11 Å². The lowest BCUT2D eigenvalue weighted by molar-refractivity contribution is -0.384. The predicted molar refractivity (Wildman–Crippen MR) is 101 cm³/mol. The molecule has 1 aromatic heterocycles. The summed E-state index contributed by atoms with van der Waals surface area (Å²) in [6, 6.07) is 9.78. The van der Waals surface area contributed by atoms with Gasteiger partial charge >= 0.3 is 0 Å². The number of nitrogens with one attached hydrogen (secondary N) is 1. The number of rotatable bonds is 4. The number of nitro benzene ring substituents is 1. The highest BCUT2D eigenvalue weighted by atomic mass is 35.5. The normalized spacial score (nSPS) is 11.2. The molecule has 9 heteroatoms. The first kappa shape index (κ1) is 17.8. The fourth-order valence-electron chi connectivity index (χ4n) is 2.36. The first-order valence-electron chi connectivity index (χ1n) is 7.37. The van der Waals surface area contributed by atoms with E-state index in [2.05, 4.69) is 10.5 Å². The number of carbonyl (C=O) groups is 1. The van der Waals surface area contributed by atoms with Crippen molar-refractivity contribution in [2.45, 2.75) is 6.92 Å². The molecule has 0 aliphatic rings. The van der Waals surface area contributed by atoms with Gasteiger partial charge in [0.05, 0.1) is 16.2 Å². The molecular weight excluding hydrogens is 378 g/mol. The van der Waals surface area contributed by atoms with E-state index < -0.39 is 10.8 Å². The van der Waals surface area contributed by atoms with Crippen LogP contribution in [0, 0.1) is 17.0 Å². The minimum atomic E-state index is -0.570. The number of thiophene rings is 1. The Bertz CT molecular complexity index is 1060. The van der Waals surface area contributed by atoms with E-state index in [1.165, 1.54) is 30.4 Å². The average molecular weight is 390 g/mol. The van der Waals surface area contributed by atoms with Crippen LogP contribution < -0.4 is 5.43 Å². The van der Waals surface area contributed by atoms with Crippen molar-refractivity contribution in [2.24, 2.45) is 5.10 Å². The molecule has 2 aromatic carbocycles. The molecule has 132 valence electrons. The van der Waals surface area contributed by atoms with Crippen LogP contribution in [0.3, 0.4) is 0 Å². The molecule has 3 aromatic rings. The number of halogens is 1. The van der Waals surface area contributed by atoms with Crippen LogP contribution >= 0.6 is 22.9 Å². The summed E-state index contributed by atoms with van der Waals surface area (Å²) in [6.07, 6.45) is 1.15. The maximum Gasteiger partial charge on any atom is 0.283 e. The Balaban J connectivity index is 1.83. The van der Waals surface area contributed by atoms with Gasteiger partial charge in [0.15, 0.2) is 0 Å². The molecule has 26 heavy (non-hydrogen) atoms. The van der Waals surface area contributed by atoms with Crippen LogP contribution in [-0.2, 0) is 0 Å². The van der Waals surface area contributed by atoms with Crippen LogP contribution in [0.15, 0.2) is 41.5 Å². The third-order valence-corrected chi connectivity index (χ3v) is 5.31. The van der Waals surface area contributed by atoms with Gasteiger partial charge in [-0.3, -0.25) is 14.9 Å². The number of nitrogens with zero attached hydrogens (tertiary/aromatic N) is 2. The number of fused-ring (bicyclic) bond motifs is 1. The maximum atomic E-state index is 12.3. The van der Waals surface area contributed by atoms with Crippen molar-refractivity contribution in [1.82, 2.24) is 5.43 Å². The average Bonchev–Trinajstić information content (AvgIpc) is 2.95. The number of aromatic hydroxyl groups is 1. The second kappa shape index (κ2) is 7.11. The van der Waals surface area contributed by atoms with E-state index in [9.17, 15) is 20.0 Å². The third-order valence-electron chi connectivity index (χ3n) is 3.64. The molecule has 1 heterocycles. The van der Waals surface area contributed by atoms with Crippen LogP contribution in [0.25, 0.3) is 10.1 Å². The van der Waals surface area contributed by atoms with Gasteiger partial charge in [-0.2, -0.15) is 5.10 Å². The fraction of sp³-hybridized carbons (Fsp3) is 0.0588. The first-order chi connectivity index (χ1) is 12.4. The minimum Gasteiger partial charge on any atom is -0.507 e. The van der Waals surface area contributed by atoms with Crippen molar-refractivity contribution in [3.8, 4) is 5.75 Å². The summed E-state index contributed by atoms with van der Waals surface area (Å²) in [7, 11) is 0. The number of hydrogen-bond donors (Lipinski definition) is 2. The van der Waals surface area contributed by atoms with Crippen LogP contribution in [0.1, 0.15) is 20.8 Å². The van der Waals surface area contributed by atoms with E-state index >= 15 is 0 Å². The van der Waals surface area contributed by atoms with Crippen LogP contribution in [0.5, 0.6) is 5.75 Å². The molecule has 0 bridgehead atoms. The Hall–Kier alpha value is -2.97. The molecule has 2 N–H and O–H groups in total. The van der Waals surface area contributed by atoms with Gasteiger partial charge in [-0.15, -0.1) is 11.3 Å². The lowest BCUT2D eigenvalue weighted by Gasteiger charge is -2.03. The Morgan fingerprint density at radius 1 is 1.38 bits per heavy atom. The number of nitro groups is 1. The highest BCUT2D eigenvalue weighted by molar-refractivity contribution is 7.21. The van der Waals surface area contributed by atoms with Gasteiger partial charge in [0, 0.05) is 27.8 Å². The summed E-state index contributed by atoms with van der Waals surface area (Å²) in [5.41, 5.74) is 2.60. The van der Waals surface area contributed by atoms with Gasteiger partial charge in [-0.05, 0) is 18.6 Å². The zero-order valence-corrected chi connectivity index (χ0v) is 15.0. The monoisotopic (exact) mass is 389 g/mol. The molecule has 7 nitrogen and oxygen atoms in total. The molecule has 0 radical (unpaired) electrons. The topological polar surface area (TPSA) is 105 Å². The van der Waals surface area contributed by atoms with Gasteiger partial charge in [-0.1, -0.05) is 29.8 Å². The van der Waals surface area contributed by atoms with E-state index in [0.29, 0.717) is 15.5 Å². The number of aryl methyl sites for hydroxylation is 1. The van der Waals surface area contributed by atoms with Crippen molar-refractivity contribution in [1.29, 1.82) is 0 Å². The quantitative estimate of drug-likeness (QED) is 0.395. The molecule has 0 spiro atoms. The zero-order valence-electron chi connectivity index (χ0n) is 13.4. The van der Waals surface area contributed by atoms with Gasteiger partial charge in [-0.25, -0.2) is 5.43 Å². The van der Waals surface area contributed by atoms with Gasteiger partial charge in [0.1, 0.15) is 10.6 Å². The number of carbonyl (C=O) groups excluding carboxylic acids is 1. The number of hydrazone groups is 1. The number of benzene rings is 2. The summed E-state index contributed by atoms with van der Waals surface area (Å²) in [4.78, 5) is 22.9. The van der Waals surface area contributed by atoms with E-state index in [4.69, 9.17) is 11.6 Å². The van der Waals surface area contributed by atoms with Gasteiger partial charge in [0.2, 0.25) is 0 Å². The molecule has 0 aliphatic heterocycles. The summed E-state index contributed by atoms with van der Waals surface area (Å²) < 4.78 is 0.874. The van der Waals surface area contributed by atoms with E-state index in [0.717, 1.165) is 16.3 Å². The van der Waals surface area contributed by atoms with Gasteiger partial charge in [0.25, 0.3) is 11.6 Å². The standard InChI is InChI=1S/C17H12ClN3O4S/c1-9-6-11(21(24)25)7-10(15(9)22)8-19-20-17(23)16-14(18)12-4-2-3-5-13(12)26-16/h2-8,22H,1H3,(H,20,23)/b19-8-. The highest BCUT2D eigenvalue weighted by Gasteiger charge is 2.17. The van der Waals surface area contributed by atoms with Crippen molar-refractivity contribution < 1.29 is 14.8 Å². The molecule has 0 unspecified atom stereocenters. The van der Waals surface area contributed by atoms with Crippen molar-refractivity contribution in [2.75, 3.05) is 0 Å². The van der Waals surface area contributed by atoms with E-state index in [1.807, 2.05) is 24.3 Å². The van der Waals surface area contributed by atoms with E-state index in [-0.39, 0.29) is 17.0 Å². The number of hydrogen-bond acceptors (Lipinski definition) is 6. The third kappa shape index (κ3) is 3.37. The number of non-ortho nitro benzene ring substituents is 1. The summed E-state index contributed by atoms with van der Waals surface area (Å²) in [5.74, 6) is -0.650. The zero-order chi connectivity index (χ0) is 18.8. The second-order valence-corrected chi connectivity index (χ2v) is 6.83. The Morgan fingerprint density at radius 3 is 2.81 bits per heavy atom. The predicted octanol–water partition coefficient (Wildman–Crippen LogP) is 4.24. The summed E-state index contributed by atoms with van der Waals surface area (Å²) >= 11 is 7.47. The Morgan fingerprint density at radius 2 is 2.12 bits per heavy atom. The SMILES string of the molecule is Cc1cc([N+](=O)[O-])cc(/C=N\NC(=O)c2sc3ccccc3c2Cl)c1O. The summed E-state index contributed by atoms with van der Waals surface area (Å²) in [6.45, 7) is 1.54. The smallest absolute Gasteiger partial charge is 0.283 e. The number of phenols is 1. The number of amides is 1. The second-order valence-electron chi connectivity index (χ2n) is 5.40. The van der Waals surface area contributed by atoms with Crippen LogP contribution in [0.4, 0.5) is 5.69 Å². The molecule has 1 amide bonds. The maximum absolute atomic E-state index is 12.3. The van der Waals surface area contributed by atoms with E-state index in [1.54, 1.807) is 0 Å². The molecular formula is C17H12ClN3O4S. The summed E-state index contributed by atoms with van der Waals surface area (Å²) in [5, 5.41) is 25.8. The fourth-order valence-corrected chi connectivity index (χ4v) is 3.77. The lowest BCUT2D eigenvalue weighted by Crippen LogP contribution is -2.16. The van der Waals surface area contributed by atoms with Crippen molar-refractivity contribution in [3.05, 3.63) is 67.5 Å². The Labute approximate surface area is 156 Å².